The minimum absolute atomic E-state index is 0.0523. The van der Waals surface area contributed by atoms with E-state index in [-0.39, 0.29) is 29.6 Å². The third kappa shape index (κ3) is 2.58. The molecule has 0 unspecified atom stereocenters. The van der Waals surface area contributed by atoms with Crippen LogP contribution in [0.4, 0.5) is 5.69 Å². The van der Waals surface area contributed by atoms with Gasteiger partial charge in [-0.15, -0.1) is 0 Å². The van der Waals surface area contributed by atoms with Crippen LogP contribution in [0.5, 0.6) is 0 Å². The molecule has 1 fully saturated rings. The second-order valence-corrected chi connectivity index (χ2v) is 8.53. The molecule has 0 radical (unpaired) electrons. The third-order valence-electron chi connectivity index (χ3n) is 4.73. The normalized spacial score (nSPS) is 24.7. The quantitative estimate of drug-likeness (QED) is 0.821. The Kier molecular flexibility index (Phi) is 3.73. The average molecular weight is 360 g/mol. The summed E-state index contributed by atoms with van der Waals surface area (Å²) in [4.78, 5) is 14.7. The number of sulfonamides is 1. The fraction of sp³-hybridized carbons (Fsp3) is 0.389. The van der Waals surface area contributed by atoms with E-state index in [0.29, 0.717) is 24.2 Å². The summed E-state index contributed by atoms with van der Waals surface area (Å²) in [5.41, 5.74) is 0.579. The van der Waals surface area contributed by atoms with Crippen molar-refractivity contribution >= 4 is 32.4 Å². The van der Waals surface area contributed by atoms with Crippen molar-refractivity contribution in [1.29, 1.82) is 0 Å². The number of carbonyl (C=O) groups excluding carboxylic acids is 1. The zero-order valence-corrected chi connectivity index (χ0v) is 15.0. The lowest BCUT2D eigenvalue weighted by molar-refractivity contribution is -0.141. The van der Waals surface area contributed by atoms with E-state index in [2.05, 4.69) is 0 Å². The van der Waals surface area contributed by atoms with Gasteiger partial charge < -0.3 is 9.64 Å². The Bertz CT molecular complexity index is 941. The topological polar surface area (TPSA) is 66.9 Å². The molecule has 0 aromatic heterocycles. The Morgan fingerprint density at radius 2 is 1.76 bits per heavy atom. The molecular weight excluding hydrogens is 340 g/mol. The van der Waals surface area contributed by atoms with Crippen LogP contribution in [0.15, 0.2) is 41.3 Å². The van der Waals surface area contributed by atoms with Crippen LogP contribution in [0.25, 0.3) is 10.8 Å². The van der Waals surface area contributed by atoms with E-state index in [1.807, 2.05) is 32.0 Å². The summed E-state index contributed by atoms with van der Waals surface area (Å²) in [6.07, 6.45) is -0.105. The molecular formula is C18H20N2O4S. The van der Waals surface area contributed by atoms with Crippen molar-refractivity contribution < 1.29 is 17.9 Å². The number of amides is 1. The summed E-state index contributed by atoms with van der Waals surface area (Å²) >= 11 is 0. The van der Waals surface area contributed by atoms with Gasteiger partial charge in [0.15, 0.2) is 0 Å². The number of morpholine rings is 1. The summed E-state index contributed by atoms with van der Waals surface area (Å²) in [6, 6.07) is 10.7. The summed E-state index contributed by atoms with van der Waals surface area (Å²) in [6.45, 7) is 4.61. The Hall–Kier alpha value is -2.12. The van der Waals surface area contributed by atoms with Crippen molar-refractivity contribution in [3.63, 3.8) is 0 Å². The maximum atomic E-state index is 12.9. The van der Waals surface area contributed by atoms with Crippen LogP contribution in [0.2, 0.25) is 0 Å². The van der Waals surface area contributed by atoms with E-state index in [0.717, 1.165) is 5.39 Å². The molecule has 0 spiro atoms. The highest BCUT2D eigenvalue weighted by atomic mass is 32.2. The minimum Gasteiger partial charge on any atom is -0.372 e. The molecule has 4 rings (SSSR count). The molecule has 1 saturated heterocycles. The minimum atomic E-state index is -3.70. The Morgan fingerprint density at radius 3 is 2.44 bits per heavy atom. The molecule has 0 bridgehead atoms. The first-order valence-electron chi connectivity index (χ1n) is 8.35. The Morgan fingerprint density at radius 1 is 1.12 bits per heavy atom. The van der Waals surface area contributed by atoms with Crippen LogP contribution in [0.3, 0.4) is 0 Å². The molecule has 0 N–H and O–H groups in total. The number of anilines is 1. The van der Waals surface area contributed by atoms with E-state index in [1.165, 1.54) is 4.31 Å². The predicted molar refractivity (Wildman–Crippen MR) is 95.1 cm³/mol. The van der Waals surface area contributed by atoms with Gasteiger partial charge in [-0.05, 0) is 31.4 Å². The van der Waals surface area contributed by atoms with Crippen LogP contribution in [0, 0.1) is 0 Å². The van der Waals surface area contributed by atoms with Gasteiger partial charge in [-0.3, -0.25) is 9.10 Å². The average Bonchev–Trinajstić information content (AvgIpc) is 2.77. The molecule has 2 aromatic carbocycles. The van der Waals surface area contributed by atoms with Gasteiger partial charge in [0.25, 0.3) is 10.0 Å². The fourth-order valence-electron chi connectivity index (χ4n) is 3.73. The van der Waals surface area contributed by atoms with Crippen LogP contribution in [-0.4, -0.2) is 51.1 Å². The first-order chi connectivity index (χ1) is 11.9. The summed E-state index contributed by atoms with van der Waals surface area (Å²) in [5, 5.41) is 1.56. The largest absolute Gasteiger partial charge is 0.372 e. The van der Waals surface area contributed by atoms with E-state index in [4.69, 9.17) is 4.74 Å². The van der Waals surface area contributed by atoms with Crippen molar-refractivity contribution in [2.45, 2.75) is 31.0 Å². The lowest BCUT2D eigenvalue weighted by Crippen LogP contribution is -2.51. The highest BCUT2D eigenvalue weighted by Gasteiger charge is 2.38. The zero-order valence-electron chi connectivity index (χ0n) is 14.2. The molecule has 25 heavy (non-hydrogen) atoms. The van der Waals surface area contributed by atoms with Crippen LogP contribution in [0.1, 0.15) is 13.8 Å². The van der Waals surface area contributed by atoms with E-state index < -0.39 is 10.0 Å². The lowest BCUT2D eigenvalue weighted by Gasteiger charge is -2.36. The van der Waals surface area contributed by atoms with Gasteiger partial charge in [0.1, 0.15) is 6.54 Å². The molecule has 6 nitrogen and oxygen atoms in total. The van der Waals surface area contributed by atoms with Gasteiger partial charge in [-0.2, -0.15) is 0 Å². The van der Waals surface area contributed by atoms with E-state index >= 15 is 0 Å². The number of carbonyl (C=O) groups is 1. The highest BCUT2D eigenvalue weighted by Crippen LogP contribution is 2.41. The second-order valence-electron chi connectivity index (χ2n) is 6.70. The number of hydrogen-bond donors (Lipinski definition) is 0. The van der Waals surface area contributed by atoms with Gasteiger partial charge >= 0.3 is 0 Å². The first kappa shape index (κ1) is 16.4. The Balaban J connectivity index is 1.68. The fourth-order valence-corrected chi connectivity index (χ4v) is 5.39. The van der Waals surface area contributed by atoms with Crippen LogP contribution < -0.4 is 4.31 Å². The molecule has 0 saturated carbocycles. The maximum absolute atomic E-state index is 12.9. The highest BCUT2D eigenvalue weighted by molar-refractivity contribution is 7.93. The standard InChI is InChI=1S/C18H20N2O4S/c1-12-9-19(10-13(2)24-12)17(21)11-20-15-7-3-5-14-6-4-8-16(18(14)15)25(20,22)23/h3-8,12-13H,9-11H2,1-2H3/t12-,13-/m0/s1. The molecule has 2 heterocycles. The monoisotopic (exact) mass is 360 g/mol. The van der Waals surface area contributed by atoms with Crippen molar-refractivity contribution in [2.24, 2.45) is 0 Å². The third-order valence-corrected chi connectivity index (χ3v) is 6.53. The number of ether oxygens (including phenoxy) is 1. The smallest absolute Gasteiger partial charge is 0.265 e. The predicted octanol–water partition coefficient (Wildman–Crippen LogP) is 1.98. The number of nitrogens with zero attached hydrogens (tertiary/aromatic N) is 2. The van der Waals surface area contributed by atoms with E-state index in [1.54, 1.807) is 23.1 Å². The zero-order chi connectivity index (χ0) is 17.8. The maximum Gasteiger partial charge on any atom is 0.265 e. The second kappa shape index (κ2) is 5.71. The number of rotatable bonds is 2. The van der Waals surface area contributed by atoms with E-state index in [9.17, 15) is 13.2 Å². The number of benzene rings is 2. The van der Waals surface area contributed by atoms with Crippen molar-refractivity contribution in [1.82, 2.24) is 4.90 Å². The SMILES string of the molecule is C[C@H]1CN(C(=O)CN2c3cccc4cccc(c34)S2(=O)=O)C[C@H](C)O1. The Labute approximate surface area is 147 Å². The molecule has 2 atom stereocenters. The summed E-state index contributed by atoms with van der Waals surface area (Å²) < 4.78 is 32.8. The molecule has 2 aromatic rings. The van der Waals surface area contributed by atoms with Crippen LogP contribution in [-0.2, 0) is 19.6 Å². The van der Waals surface area contributed by atoms with Gasteiger partial charge in [-0.25, -0.2) is 8.42 Å². The lowest BCUT2D eigenvalue weighted by atomic mass is 10.1. The van der Waals surface area contributed by atoms with Gasteiger partial charge in [0.2, 0.25) is 5.91 Å². The van der Waals surface area contributed by atoms with Crippen molar-refractivity contribution in [3.8, 4) is 0 Å². The van der Waals surface area contributed by atoms with Crippen LogP contribution >= 0.6 is 0 Å². The molecule has 7 heteroatoms. The molecule has 132 valence electrons. The summed E-state index contributed by atoms with van der Waals surface area (Å²) in [7, 11) is -3.70. The van der Waals surface area contributed by atoms with Gasteiger partial charge in [0.05, 0.1) is 22.8 Å². The van der Waals surface area contributed by atoms with Crippen molar-refractivity contribution in [3.05, 3.63) is 36.4 Å². The first-order valence-corrected chi connectivity index (χ1v) is 9.79. The molecule has 0 aliphatic carbocycles. The molecule has 2 aliphatic rings. The van der Waals surface area contributed by atoms with Gasteiger partial charge in [0, 0.05) is 18.5 Å². The van der Waals surface area contributed by atoms with Gasteiger partial charge in [-0.1, -0.05) is 24.3 Å². The number of hydrogen-bond acceptors (Lipinski definition) is 4. The molecule has 2 aliphatic heterocycles. The molecule has 1 amide bonds. The van der Waals surface area contributed by atoms with Crippen molar-refractivity contribution in [2.75, 3.05) is 23.9 Å². The summed E-state index contributed by atoms with van der Waals surface area (Å²) in [5.74, 6) is -0.199.